The number of ketones is 2. The number of para-hydroxylation sites is 2. The number of aryl methyl sites for hydroxylation is 2. The van der Waals surface area contributed by atoms with Crippen molar-refractivity contribution in [2.75, 3.05) is 83.2 Å². The molecule has 660 valence electrons. The largest absolute Gasteiger partial charge is 0.493 e. The second-order valence-corrected chi connectivity index (χ2v) is 42.5. The predicted octanol–water partition coefficient (Wildman–Crippen LogP) is 22.3. The SMILES string of the molecule is CCCCP(CCCC)CCCC.COc1cc2c(cc1OCCCC(=O)Nc1cc(C(=O)Nc3ccc4sc(CC(=O)CCC(C)(C)S)cc4c3)n(C)c1)N=C[C@@H]1Cc3ccccc3N1C2=O.COc1cc2c(cc1OCCCC(=O)Nc1cc(C(=O)Nc3ccc4sc(CC(=O)CCC(C)(C)SSC)cc4c3)n(C)c1)N=C[C@@H]1Cc3ccccc3N1C2=O. The van der Waals surface area contributed by atoms with Gasteiger partial charge in [0.15, 0.2) is 23.0 Å². The number of carbonyl (C=O) groups excluding carboxylic acids is 8. The fraction of sp³-hybridized carbons (Fsp3) is 0.402. The molecule has 6 aromatic carbocycles. The van der Waals surface area contributed by atoms with E-state index in [1.54, 1.807) is 145 Å². The summed E-state index contributed by atoms with van der Waals surface area (Å²) in [5, 5.41) is 13.6. The minimum Gasteiger partial charge on any atom is -0.493 e. The Hall–Kier alpha value is -10.0. The predicted molar refractivity (Wildman–Crippen MR) is 521 cm³/mol. The van der Waals surface area contributed by atoms with Crippen molar-refractivity contribution in [1.29, 1.82) is 0 Å². The van der Waals surface area contributed by atoms with Crippen LogP contribution in [0.3, 0.4) is 0 Å². The van der Waals surface area contributed by atoms with E-state index in [-0.39, 0.29) is 94.6 Å². The fourth-order valence-electron chi connectivity index (χ4n) is 15.5. The van der Waals surface area contributed by atoms with E-state index in [0.29, 0.717) is 139 Å². The average Bonchev–Trinajstić information content (AvgIpc) is 1.62. The Bertz CT molecular complexity index is 5610. The van der Waals surface area contributed by atoms with Gasteiger partial charge >= 0.3 is 0 Å². The molecule has 8 heterocycles. The Balaban J connectivity index is 0.000000199. The first-order chi connectivity index (χ1) is 60.1. The van der Waals surface area contributed by atoms with Crippen LogP contribution in [0.5, 0.6) is 23.0 Å². The number of benzene rings is 6. The third kappa shape index (κ3) is 25.2. The topological polar surface area (TPSA) is 263 Å². The van der Waals surface area contributed by atoms with Gasteiger partial charge in [0.05, 0.1) is 73.4 Å². The van der Waals surface area contributed by atoms with Crippen LogP contribution in [0.2, 0.25) is 0 Å². The van der Waals surface area contributed by atoms with Crippen LogP contribution in [0.25, 0.3) is 20.2 Å². The molecule has 22 nitrogen and oxygen atoms in total. The number of methoxy groups -OCH3 is 2. The normalized spacial score (nSPS) is 14.2. The Labute approximate surface area is 756 Å². The number of unbranched alkanes of at least 4 members (excludes halogenated alkanes) is 3. The van der Waals surface area contributed by atoms with Crippen LogP contribution in [-0.4, -0.2) is 142 Å². The number of amides is 6. The highest BCUT2D eigenvalue weighted by molar-refractivity contribution is 8.76. The summed E-state index contributed by atoms with van der Waals surface area (Å²) in [7, 11) is 10.5. The van der Waals surface area contributed by atoms with Gasteiger partial charge in [-0.3, -0.25) is 58.1 Å². The summed E-state index contributed by atoms with van der Waals surface area (Å²) >= 11 is 7.70. The van der Waals surface area contributed by atoms with E-state index >= 15 is 0 Å². The Morgan fingerprint density at radius 2 is 0.944 bits per heavy atom. The van der Waals surface area contributed by atoms with E-state index < -0.39 is 0 Å². The molecule has 4 aliphatic rings. The van der Waals surface area contributed by atoms with Gasteiger partial charge in [-0.1, -0.05) is 112 Å². The lowest BCUT2D eigenvalue weighted by Crippen LogP contribution is -2.37. The number of ether oxygens (including phenoxy) is 4. The van der Waals surface area contributed by atoms with Crippen molar-refractivity contribution in [3.63, 3.8) is 0 Å². The minimum atomic E-state index is -0.318. The minimum absolute atomic E-state index is 0.0529. The van der Waals surface area contributed by atoms with E-state index in [2.05, 4.69) is 84.8 Å². The van der Waals surface area contributed by atoms with Crippen molar-refractivity contribution in [3.8, 4) is 23.0 Å². The smallest absolute Gasteiger partial charge is 0.272 e. The van der Waals surface area contributed by atoms with Gasteiger partial charge in [-0.15, -0.1) is 30.6 Å². The molecule has 0 unspecified atom stereocenters. The fourth-order valence-corrected chi connectivity index (χ4v) is 22.9. The van der Waals surface area contributed by atoms with Crippen LogP contribution in [0.4, 0.5) is 45.5 Å². The van der Waals surface area contributed by atoms with Crippen molar-refractivity contribution in [3.05, 3.63) is 189 Å². The Morgan fingerprint density at radius 1 is 0.520 bits per heavy atom. The van der Waals surface area contributed by atoms with Crippen LogP contribution in [0.15, 0.2) is 156 Å². The molecule has 2 atom stereocenters. The van der Waals surface area contributed by atoms with Crippen molar-refractivity contribution in [2.45, 2.75) is 186 Å². The molecule has 0 saturated carbocycles. The molecule has 4 N–H and O–H groups in total. The number of hydrogen-bond donors (Lipinski definition) is 5. The lowest BCUT2D eigenvalue weighted by molar-refractivity contribution is -0.119. The number of anilines is 6. The highest BCUT2D eigenvalue weighted by Gasteiger charge is 2.39. The van der Waals surface area contributed by atoms with Gasteiger partial charge in [0.25, 0.3) is 23.6 Å². The summed E-state index contributed by atoms with van der Waals surface area (Å²) in [5.74, 6) is 0.742. The molecule has 28 heteroatoms. The molecular weight excluding hydrogens is 1690 g/mol. The molecule has 125 heavy (non-hydrogen) atoms. The van der Waals surface area contributed by atoms with Gasteiger partial charge in [-0.05, 0) is 190 Å². The maximum absolute atomic E-state index is 13.7. The maximum atomic E-state index is 13.7. The summed E-state index contributed by atoms with van der Waals surface area (Å²) in [6.07, 6.45) is 28.2. The van der Waals surface area contributed by atoms with Crippen molar-refractivity contribution < 1.29 is 57.3 Å². The quantitative estimate of drug-likeness (QED) is 0.0104. The molecule has 10 aromatic rings. The summed E-state index contributed by atoms with van der Waals surface area (Å²) in [5.41, 5.74) is 8.92. The van der Waals surface area contributed by atoms with Crippen LogP contribution in [0.1, 0.15) is 201 Å². The van der Waals surface area contributed by atoms with Crippen LogP contribution < -0.4 is 50.0 Å². The Kier molecular flexibility index (Phi) is 33.1. The first-order valence-electron chi connectivity index (χ1n) is 43.0. The molecular formula is C97H115N10O12PS5. The van der Waals surface area contributed by atoms with E-state index in [4.69, 9.17) is 18.9 Å². The highest BCUT2D eigenvalue weighted by Crippen LogP contribution is 2.45. The number of thiophene rings is 2. The van der Waals surface area contributed by atoms with Gasteiger partial charge in [0.1, 0.15) is 23.0 Å². The lowest BCUT2D eigenvalue weighted by Gasteiger charge is -2.22. The van der Waals surface area contributed by atoms with Crippen molar-refractivity contribution in [2.24, 2.45) is 24.1 Å². The number of hydrogen-bond acceptors (Lipinski definition) is 19. The molecule has 0 aliphatic carbocycles. The molecule has 4 aromatic heterocycles. The molecule has 0 bridgehead atoms. The molecule has 0 radical (unpaired) electrons. The monoisotopic (exact) mass is 1800 g/mol. The average molecular weight is 1800 g/mol. The molecule has 4 aliphatic heterocycles. The molecule has 0 fully saturated rings. The van der Waals surface area contributed by atoms with Crippen LogP contribution in [-0.2, 0) is 59.0 Å². The highest BCUT2D eigenvalue weighted by atomic mass is 33.1. The van der Waals surface area contributed by atoms with Crippen LogP contribution >= 0.6 is 64.8 Å². The number of nitrogens with one attached hydrogen (secondary N) is 4. The number of nitrogens with zero attached hydrogens (tertiary/aromatic N) is 6. The number of carbonyl (C=O) groups is 8. The van der Waals surface area contributed by atoms with Gasteiger partial charge in [-0.25, -0.2) is 0 Å². The Morgan fingerprint density at radius 3 is 1.35 bits per heavy atom. The molecule has 0 spiro atoms. The van der Waals surface area contributed by atoms with E-state index in [1.807, 2.05) is 123 Å². The second-order valence-electron chi connectivity index (χ2n) is 33.2. The van der Waals surface area contributed by atoms with Gasteiger partial charge in [-0.2, -0.15) is 12.6 Å². The van der Waals surface area contributed by atoms with Crippen molar-refractivity contribution >= 4 is 190 Å². The zero-order valence-electron chi connectivity index (χ0n) is 73.5. The number of aliphatic imine (C=N–C) groups is 2. The molecule has 14 rings (SSSR count). The second kappa shape index (κ2) is 43.9. The standard InChI is InChI=1S/C43H45N5O6S3.C42H43N5O6S2.C12H27P/c1-43(2,57-55-5)15-14-31(49)21-32-19-27-17-28(12-13-39(27)56-32)46-41(51)36-20-29(25-47(36)3)45-40(50)11-8-16-54-38-23-34-33(22-37(38)53-4)42(52)48-30(24-44-34)18-26-9-6-7-10-35(26)48;1-42(2,54)14-13-30(48)20-31-18-26-16-27(11-12-38(26)55-31)45-40(50)35-19-28(24-46(35)3)44-39(49)10-7-15-53-37-22-33-32(21-36(37)52-4)41(51)47-29(23-43-33)17-25-8-5-6-9-34(25)47;1-4-7-10-13(11-8-5-2)12-9-6-3/h6-7,9-10,12-13,17,19-20,22-25,30H,8,11,14-16,18,21H2,1-5H3,(H,45,50)(H,46,51);5-6,8-9,11-12,16,18-19,21-24,29,54H,7,10,13-15,17,20H2,1-4H3,(H,44,49)(H,45,50);4-12H2,1-3H3/t30-;29-;/m00./s1. The molecule has 6 amide bonds. The lowest BCUT2D eigenvalue weighted by atomic mass is 10.0. The van der Waals surface area contributed by atoms with Gasteiger partial charge in [0, 0.05) is 154 Å². The zero-order chi connectivity index (χ0) is 89.1. The van der Waals surface area contributed by atoms with E-state index in [1.165, 1.54) is 52.7 Å². The first-order valence-corrected chi connectivity index (χ1v) is 49.6. The third-order valence-corrected chi connectivity index (χ3v) is 30.1. The molecule has 0 saturated heterocycles. The summed E-state index contributed by atoms with van der Waals surface area (Å²) in [4.78, 5) is 120. The van der Waals surface area contributed by atoms with Gasteiger partial charge in [0.2, 0.25) is 11.8 Å². The zero-order valence-corrected chi connectivity index (χ0v) is 78.6. The van der Waals surface area contributed by atoms with Crippen molar-refractivity contribution in [1.82, 2.24) is 9.13 Å². The summed E-state index contributed by atoms with van der Waals surface area (Å²) < 4.78 is 28.5. The summed E-state index contributed by atoms with van der Waals surface area (Å²) in [6.45, 7) is 15.7. The van der Waals surface area contributed by atoms with Gasteiger partial charge < -0.3 is 49.3 Å². The van der Waals surface area contributed by atoms with E-state index in [0.717, 1.165) is 65.3 Å². The maximum Gasteiger partial charge on any atom is 0.272 e. The van der Waals surface area contributed by atoms with E-state index in [9.17, 15) is 38.4 Å². The number of aromatic nitrogens is 2. The number of thiol groups is 1. The number of fused-ring (bicyclic) bond motifs is 10. The van der Waals surface area contributed by atoms with Crippen LogP contribution in [0, 0.1) is 0 Å². The third-order valence-electron chi connectivity index (χ3n) is 22.1. The number of rotatable bonds is 39. The first kappa shape index (κ1) is 94.1. The summed E-state index contributed by atoms with van der Waals surface area (Å²) in [6, 6.07) is 40.9. The number of Topliss-reactive ketones (excluding diaryl/α,β-unsaturated/α-hetero) is 2.